The van der Waals surface area contributed by atoms with E-state index in [0.717, 1.165) is 67.3 Å². The number of anilines is 3. The van der Waals surface area contributed by atoms with Crippen molar-refractivity contribution < 1.29 is 19.4 Å². The van der Waals surface area contributed by atoms with Crippen LogP contribution in [0.25, 0.3) is 10.9 Å². The summed E-state index contributed by atoms with van der Waals surface area (Å²) in [7, 11) is 3.25. The van der Waals surface area contributed by atoms with Crippen molar-refractivity contribution in [3.8, 4) is 11.5 Å². The van der Waals surface area contributed by atoms with Crippen molar-refractivity contribution in [3.63, 3.8) is 0 Å². The minimum absolute atomic E-state index is 0.194. The zero-order valence-electron chi connectivity index (χ0n) is 18.7. The molecule has 1 aromatic heterocycles. The first-order valence-electron chi connectivity index (χ1n) is 11.0. The molecule has 0 bridgehead atoms. The predicted octanol–water partition coefficient (Wildman–Crippen LogP) is 3.13. The number of aromatic nitrogens is 2. The number of nitrogens with two attached hydrogens (primary N) is 1. The molecule has 0 spiro atoms. The van der Waals surface area contributed by atoms with Crippen LogP contribution >= 0.6 is 0 Å². The molecule has 0 atom stereocenters. The van der Waals surface area contributed by atoms with Gasteiger partial charge < -0.3 is 30.1 Å². The van der Waals surface area contributed by atoms with Crippen molar-refractivity contribution in [2.75, 3.05) is 55.9 Å². The van der Waals surface area contributed by atoms with Gasteiger partial charge in [-0.1, -0.05) is 0 Å². The Morgan fingerprint density at radius 3 is 2.27 bits per heavy atom. The summed E-state index contributed by atoms with van der Waals surface area (Å²) < 4.78 is 11.0. The van der Waals surface area contributed by atoms with Gasteiger partial charge in [0.25, 0.3) is 0 Å². The fourth-order valence-electron chi connectivity index (χ4n) is 4.36. The molecule has 0 amide bonds. The Bertz CT molecular complexity index is 1220. The number of hydrogen-bond acceptors (Lipinski definition) is 8. The lowest BCUT2D eigenvalue weighted by atomic mass is 10.1. The van der Waals surface area contributed by atoms with E-state index in [1.807, 2.05) is 12.1 Å². The Morgan fingerprint density at radius 2 is 1.67 bits per heavy atom. The number of carbonyl (C=O) groups is 1. The number of hydrogen-bond donors (Lipinski definition) is 2. The fraction of sp³-hybridized carbons (Fsp3) is 0.375. The molecule has 0 radical (unpaired) electrons. The number of carboxylic acid groups (broad SMARTS) is 1. The molecule has 2 aromatic carbocycles. The predicted molar refractivity (Wildman–Crippen MR) is 127 cm³/mol. The molecular formula is C24H27N5O4. The van der Waals surface area contributed by atoms with Crippen LogP contribution in [0.2, 0.25) is 0 Å². The zero-order valence-corrected chi connectivity index (χ0v) is 18.7. The number of fused-ring (bicyclic) bond motifs is 1. The lowest BCUT2D eigenvalue weighted by Gasteiger charge is -2.37. The quantitative estimate of drug-likeness (QED) is 0.548. The van der Waals surface area contributed by atoms with Crippen LogP contribution < -0.4 is 25.0 Å². The van der Waals surface area contributed by atoms with Gasteiger partial charge in [-0.3, -0.25) is 0 Å². The van der Waals surface area contributed by atoms with Gasteiger partial charge in [0.05, 0.1) is 36.7 Å². The van der Waals surface area contributed by atoms with Gasteiger partial charge in [-0.25, -0.2) is 14.8 Å². The van der Waals surface area contributed by atoms with E-state index in [0.29, 0.717) is 23.1 Å². The van der Waals surface area contributed by atoms with Crippen LogP contribution in [-0.2, 0) is 0 Å². The number of nitrogen functional groups attached to an aromatic ring is 1. The minimum atomic E-state index is -0.979. The Labute approximate surface area is 191 Å². The van der Waals surface area contributed by atoms with Crippen molar-refractivity contribution in [3.05, 3.63) is 41.7 Å². The van der Waals surface area contributed by atoms with Gasteiger partial charge in [0.15, 0.2) is 11.5 Å². The molecular weight excluding hydrogens is 422 g/mol. The molecule has 1 saturated heterocycles. The molecule has 5 rings (SSSR count). The number of aromatic carboxylic acids is 1. The van der Waals surface area contributed by atoms with Crippen molar-refractivity contribution in [2.45, 2.75) is 18.8 Å². The lowest BCUT2D eigenvalue weighted by Crippen LogP contribution is -2.47. The Morgan fingerprint density at radius 1 is 1.00 bits per heavy atom. The van der Waals surface area contributed by atoms with Gasteiger partial charge in [-0.2, -0.15) is 0 Å². The average Bonchev–Trinajstić information content (AvgIpc) is 3.68. The minimum Gasteiger partial charge on any atom is -0.493 e. The largest absolute Gasteiger partial charge is 0.493 e. The first kappa shape index (κ1) is 21.1. The topological polar surface area (TPSA) is 114 Å². The molecule has 2 heterocycles. The maximum absolute atomic E-state index is 11.2. The van der Waals surface area contributed by atoms with E-state index in [2.05, 4.69) is 9.80 Å². The van der Waals surface area contributed by atoms with E-state index in [1.165, 1.54) is 6.07 Å². The number of methoxy groups -OCH3 is 2. The summed E-state index contributed by atoms with van der Waals surface area (Å²) >= 11 is 0. The van der Waals surface area contributed by atoms with Crippen LogP contribution in [0.15, 0.2) is 30.3 Å². The molecule has 9 nitrogen and oxygen atoms in total. The van der Waals surface area contributed by atoms with Crippen molar-refractivity contribution in [2.24, 2.45) is 0 Å². The number of nitrogens with zero attached hydrogens (tertiary/aromatic N) is 4. The summed E-state index contributed by atoms with van der Waals surface area (Å²) in [5.74, 6) is 2.56. The monoisotopic (exact) mass is 449 g/mol. The summed E-state index contributed by atoms with van der Waals surface area (Å²) in [6.45, 7) is 3.00. The van der Waals surface area contributed by atoms with Crippen LogP contribution in [0.3, 0.4) is 0 Å². The van der Waals surface area contributed by atoms with Gasteiger partial charge >= 0.3 is 5.97 Å². The third-order valence-electron chi connectivity index (χ3n) is 6.34. The molecule has 2 fully saturated rings. The molecule has 3 aromatic rings. The molecule has 1 saturated carbocycles. The highest BCUT2D eigenvalue weighted by Crippen LogP contribution is 2.42. The Balaban J connectivity index is 1.45. The second-order valence-electron chi connectivity index (χ2n) is 8.46. The lowest BCUT2D eigenvalue weighted by molar-refractivity contribution is 0.0697. The third-order valence-corrected chi connectivity index (χ3v) is 6.34. The highest BCUT2D eigenvalue weighted by molar-refractivity contribution is 5.93. The summed E-state index contributed by atoms with van der Waals surface area (Å²) in [6, 6.07) is 8.78. The van der Waals surface area contributed by atoms with Crippen LogP contribution in [0.1, 0.15) is 34.9 Å². The second-order valence-corrected chi connectivity index (χ2v) is 8.46. The summed E-state index contributed by atoms with van der Waals surface area (Å²) in [6.07, 6.45) is 2.25. The maximum Gasteiger partial charge on any atom is 0.335 e. The maximum atomic E-state index is 11.2. The van der Waals surface area contributed by atoms with E-state index >= 15 is 0 Å². The fourth-order valence-corrected chi connectivity index (χ4v) is 4.36. The van der Waals surface area contributed by atoms with Gasteiger partial charge in [0.1, 0.15) is 11.6 Å². The van der Waals surface area contributed by atoms with Gasteiger partial charge in [-0.15, -0.1) is 0 Å². The average molecular weight is 450 g/mol. The normalized spacial score (nSPS) is 16.2. The highest BCUT2D eigenvalue weighted by Gasteiger charge is 2.30. The van der Waals surface area contributed by atoms with E-state index in [-0.39, 0.29) is 5.56 Å². The summed E-state index contributed by atoms with van der Waals surface area (Å²) in [5, 5.41) is 10.1. The van der Waals surface area contributed by atoms with Gasteiger partial charge in [0.2, 0.25) is 0 Å². The molecule has 1 aliphatic carbocycles. The number of piperazine rings is 1. The smallest absolute Gasteiger partial charge is 0.335 e. The highest BCUT2D eigenvalue weighted by atomic mass is 16.5. The van der Waals surface area contributed by atoms with Crippen LogP contribution in [0.5, 0.6) is 11.5 Å². The van der Waals surface area contributed by atoms with E-state index in [1.54, 1.807) is 26.4 Å². The Hall–Kier alpha value is -3.75. The first-order chi connectivity index (χ1) is 16.0. The molecule has 3 N–H and O–H groups in total. The van der Waals surface area contributed by atoms with E-state index in [4.69, 9.17) is 25.2 Å². The number of rotatable bonds is 6. The number of carboxylic acids is 1. The van der Waals surface area contributed by atoms with Crippen molar-refractivity contribution in [1.29, 1.82) is 0 Å². The Kier molecular flexibility index (Phi) is 5.32. The second kappa shape index (κ2) is 8.31. The number of ether oxygens (including phenoxy) is 2. The first-order valence-corrected chi connectivity index (χ1v) is 11.0. The molecule has 33 heavy (non-hydrogen) atoms. The van der Waals surface area contributed by atoms with Crippen molar-refractivity contribution in [1.82, 2.24) is 9.97 Å². The van der Waals surface area contributed by atoms with E-state index < -0.39 is 5.97 Å². The molecule has 1 aliphatic heterocycles. The molecule has 0 unspecified atom stereocenters. The third kappa shape index (κ3) is 3.94. The van der Waals surface area contributed by atoms with Crippen LogP contribution in [0, 0.1) is 0 Å². The van der Waals surface area contributed by atoms with Crippen LogP contribution in [0.4, 0.5) is 17.2 Å². The molecule has 2 aliphatic rings. The zero-order chi connectivity index (χ0) is 23.1. The van der Waals surface area contributed by atoms with Gasteiger partial charge in [-0.05, 0) is 37.1 Å². The molecule has 172 valence electrons. The van der Waals surface area contributed by atoms with Gasteiger partial charge in [0, 0.05) is 43.5 Å². The van der Waals surface area contributed by atoms with E-state index in [9.17, 15) is 9.90 Å². The van der Waals surface area contributed by atoms with Crippen LogP contribution in [-0.4, -0.2) is 61.4 Å². The number of benzene rings is 2. The molecule has 9 heteroatoms. The summed E-state index contributed by atoms with van der Waals surface area (Å²) in [4.78, 5) is 25.5. The standard InChI is InChI=1S/C24H27N5O4/c1-32-20-12-16-18(13-21(20)33-2)26-22(14-3-4-14)27-23(16)29-9-7-28(8-10-29)19-6-5-15(24(30)31)11-17(19)25/h5-6,11-14H,3-4,7-10,25H2,1-2H3,(H,30,31). The SMILES string of the molecule is COc1cc2nc(C3CC3)nc(N3CCN(c4ccc(C(=O)O)cc4N)CC3)c2cc1OC. The summed E-state index contributed by atoms with van der Waals surface area (Å²) in [5.41, 5.74) is 8.55. The van der Waals surface area contributed by atoms with Crippen molar-refractivity contribution >= 4 is 34.1 Å².